The van der Waals surface area contributed by atoms with Crippen LogP contribution in [-0.2, 0) is 10.7 Å². The zero-order valence-electron chi connectivity index (χ0n) is 19.5. The Bertz CT molecular complexity index is 1760. The maximum atomic E-state index is 14.9. The van der Waals surface area contributed by atoms with Gasteiger partial charge in [0.25, 0.3) is 5.56 Å². The molecule has 0 bridgehead atoms. The SMILES string of the molecule is O=c1c2ccccc2cc(CP(=O)(c2ccccc2)c2ccccc2)n1-c1cccc2cccnc12. The number of rotatable bonds is 5. The summed E-state index contributed by atoms with van der Waals surface area (Å²) in [6.45, 7) is 0. The fourth-order valence-corrected chi connectivity index (χ4v) is 7.52. The molecule has 0 spiro atoms. The number of hydrogen-bond acceptors (Lipinski definition) is 3. The maximum absolute atomic E-state index is 14.9. The molecule has 0 saturated carbocycles. The third kappa shape index (κ3) is 3.77. The first kappa shape index (κ1) is 22.2. The van der Waals surface area contributed by atoms with Crippen molar-refractivity contribution in [2.75, 3.05) is 0 Å². The van der Waals surface area contributed by atoms with E-state index in [4.69, 9.17) is 0 Å². The Balaban J connectivity index is 1.67. The van der Waals surface area contributed by atoms with Crippen LogP contribution in [0.1, 0.15) is 5.69 Å². The largest absolute Gasteiger partial charge is 0.313 e. The van der Waals surface area contributed by atoms with Crippen LogP contribution in [0.3, 0.4) is 0 Å². The highest BCUT2D eigenvalue weighted by atomic mass is 31.2. The summed E-state index contributed by atoms with van der Waals surface area (Å²) in [7, 11) is -3.13. The molecule has 2 heterocycles. The average Bonchev–Trinajstić information content (AvgIpc) is 2.94. The standard InChI is InChI=1S/C31H23N2O2P/c34-31-28-18-8-7-11-24(28)21-25(33(31)29-19-9-12-23-13-10-20-32-30(23)29)22-36(35,26-14-3-1-4-15-26)27-16-5-2-6-17-27/h1-21H,22H2. The Morgan fingerprint density at radius 1 is 0.667 bits per heavy atom. The first-order valence-corrected chi connectivity index (χ1v) is 13.7. The minimum Gasteiger partial charge on any atom is -0.313 e. The fourth-order valence-electron chi connectivity index (χ4n) is 4.86. The lowest BCUT2D eigenvalue weighted by molar-refractivity contribution is 0.585. The monoisotopic (exact) mass is 486 g/mol. The molecule has 0 aliphatic rings. The molecule has 0 aliphatic carbocycles. The third-order valence-electron chi connectivity index (χ3n) is 6.59. The highest BCUT2D eigenvalue weighted by Gasteiger charge is 2.29. The normalized spacial score (nSPS) is 11.7. The number of benzene rings is 4. The summed E-state index contributed by atoms with van der Waals surface area (Å²) in [5.74, 6) is 0. The predicted octanol–water partition coefficient (Wildman–Crippen LogP) is 6.05. The fraction of sp³-hybridized carbons (Fsp3) is 0.0323. The second kappa shape index (κ2) is 9.07. The number of hydrogen-bond donors (Lipinski definition) is 0. The van der Waals surface area contributed by atoms with Gasteiger partial charge in [-0.15, -0.1) is 0 Å². The molecule has 2 aromatic heterocycles. The number of para-hydroxylation sites is 1. The van der Waals surface area contributed by atoms with Crippen molar-refractivity contribution >= 4 is 39.4 Å². The van der Waals surface area contributed by atoms with E-state index in [1.54, 1.807) is 10.8 Å². The van der Waals surface area contributed by atoms with Crippen LogP contribution in [0.15, 0.2) is 132 Å². The van der Waals surface area contributed by atoms with Crippen molar-refractivity contribution in [3.05, 3.63) is 144 Å². The van der Waals surface area contributed by atoms with E-state index in [1.165, 1.54) is 0 Å². The zero-order valence-corrected chi connectivity index (χ0v) is 20.4. The Hall–Kier alpha value is -4.27. The van der Waals surface area contributed by atoms with Crippen LogP contribution in [0.5, 0.6) is 0 Å². The van der Waals surface area contributed by atoms with E-state index in [2.05, 4.69) is 4.98 Å². The van der Waals surface area contributed by atoms with Gasteiger partial charge in [-0.3, -0.25) is 14.3 Å². The number of nitrogens with zero attached hydrogens (tertiary/aromatic N) is 2. The molecule has 0 N–H and O–H groups in total. The number of aromatic nitrogens is 2. The Labute approximate surface area is 208 Å². The lowest BCUT2D eigenvalue weighted by Crippen LogP contribution is -2.25. The van der Waals surface area contributed by atoms with Crippen molar-refractivity contribution in [3.63, 3.8) is 0 Å². The van der Waals surface area contributed by atoms with Gasteiger partial charge in [0.2, 0.25) is 0 Å². The van der Waals surface area contributed by atoms with Gasteiger partial charge in [-0.2, -0.15) is 0 Å². The third-order valence-corrected chi connectivity index (χ3v) is 9.62. The molecule has 0 radical (unpaired) electrons. The van der Waals surface area contributed by atoms with Gasteiger partial charge >= 0.3 is 0 Å². The van der Waals surface area contributed by atoms with E-state index in [-0.39, 0.29) is 11.7 Å². The Kier molecular flexibility index (Phi) is 5.59. The summed E-state index contributed by atoms with van der Waals surface area (Å²) in [5.41, 5.74) is 1.96. The Morgan fingerprint density at radius 2 is 1.28 bits per heavy atom. The summed E-state index contributed by atoms with van der Waals surface area (Å²) < 4.78 is 16.7. The molecule has 0 fully saturated rings. The van der Waals surface area contributed by atoms with Crippen LogP contribution in [0.25, 0.3) is 27.4 Å². The van der Waals surface area contributed by atoms with Crippen LogP contribution in [0, 0.1) is 0 Å². The van der Waals surface area contributed by atoms with E-state index in [0.29, 0.717) is 16.8 Å². The van der Waals surface area contributed by atoms with Crippen molar-refractivity contribution in [1.82, 2.24) is 9.55 Å². The van der Waals surface area contributed by atoms with E-state index in [9.17, 15) is 9.36 Å². The summed E-state index contributed by atoms with van der Waals surface area (Å²) >= 11 is 0. The molecule has 36 heavy (non-hydrogen) atoms. The van der Waals surface area contributed by atoms with Gasteiger partial charge in [-0.1, -0.05) is 97.1 Å². The summed E-state index contributed by atoms with van der Waals surface area (Å²) in [6.07, 6.45) is 1.93. The molecule has 0 unspecified atom stereocenters. The summed E-state index contributed by atoms with van der Waals surface area (Å²) in [5, 5.41) is 3.91. The lowest BCUT2D eigenvalue weighted by Gasteiger charge is -2.23. The molecule has 5 heteroatoms. The molecule has 6 aromatic rings. The van der Waals surface area contributed by atoms with Gasteiger partial charge in [-0.25, -0.2) is 0 Å². The van der Waals surface area contributed by atoms with Gasteiger partial charge in [0.05, 0.1) is 11.2 Å². The molecule has 0 atom stereocenters. The van der Waals surface area contributed by atoms with E-state index in [0.717, 1.165) is 26.9 Å². The minimum absolute atomic E-state index is 0.145. The van der Waals surface area contributed by atoms with Crippen molar-refractivity contribution in [3.8, 4) is 5.69 Å². The topological polar surface area (TPSA) is 52.0 Å². The van der Waals surface area contributed by atoms with Crippen molar-refractivity contribution in [1.29, 1.82) is 0 Å². The smallest absolute Gasteiger partial charge is 0.263 e. The molecule has 0 aliphatic heterocycles. The quantitative estimate of drug-likeness (QED) is 0.279. The molecular formula is C31H23N2O2P. The molecule has 4 aromatic carbocycles. The second-order valence-electron chi connectivity index (χ2n) is 8.78. The van der Waals surface area contributed by atoms with Crippen LogP contribution >= 0.6 is 7.14 Å². The van der Waals surface area contributed by atoms with Gasteiger partial charge in [0, 0.05) is 39.4 Å². The van der Waals surface area contributed by atoms with Gasteiger partial charge < -0.3 is 4.57 Å². The summed E-state index contributed by atoms with van der Waals surface area (Å²) in [4.78, 5) is 18.6. The molecule has 174 valence electrons. The second-order valence-corrected chi connectivity index (χ2v) is 11.6. The molecule has 0 saturated heterocycles. The first-order chi connectivity index (χ1) is 17.6. The Morgan fingerprint density at radius 3 is 2.00 bits per heavy atom. The number of pyridine rings is 2. The van der Waals surface area contributed by atoms with Crippen molar-refractivity contribution in [2.45, 2.75) is 6.16 Å². The predicted molar refractivity (Wildman–Crippen MR) is 148 cm³/mol. The van der Waals surface area contributed by atoms with Gasteiger partial charge in [0.15, 0.2) is 0 Å². The van der Waals surface area contributed by atoms with E-state index >= 15 is 0 Å². The van der Waals surface area contributed by atoms with Crippen LogP contribution in [-0.4, -0.2) is 9.55 Å². The average molecular weight is 487 g/mol. The lowest BCUT2D eigenvalue weighted by atomic mass is 10.1. The first-order valence-electron chi connectivity index (χ1n) is 11.8. The van der Waals surface area contributed by atoms with Gasteiger partial charge in [-0.05, 0) is 29.7 Å². The number of fused-ring (bicyclic) bond motifs is 2. The zero-order chi connectivity index (χ0) is 24.5. The van der Waals surface area contributed by atoms with Crippen molar-refractivity contribution < 1.29 is 4.57 Å². The van der Waals surface area contributed by atoms with E-state index < -0.39 is 7.14 Å². The van der Waals surface area contributed by atoms with E-state index in [1.807, 2.05) is 121 Å². The minimum atomic E-state index is -3.13. The van der Waals surface area contributed by atoms with Crippen LogP contribution in [0.4, 0.5) is 0 Å². The molecule has 6 rings (SSSR count). The maximum Gasteiger partial charge on any atom is 0.263 e. The van der Waals surface area contributed by atoms with Gasteiger partial charge in [0.1, 0.15) is 7.14 Å². The highest BCUT2D eigenvalue weighted by molar-refractivity contribution is 7.78. The van der Waals surface area contributed by atoms with Crippen LogP contribution < -0.4 is 16.2 Å². The molecule has 4 nitrogen and oxygen atoms in total. The highest BCUT2D eigenvalue weighted by Crippen LogP contribution is 2.47. The summed E-state index contributed by atoms with van der Waals surface area (Å²) in [6, 6.07) is 38.4. The molecule has 0 amide bonds. The molecular weight excluding hydrogens is 463 g/mol. The van der Waals surface area contributed by atoms with Crippen molar-refractivity contribution in [2.24, 2.45) is 0 Å². The van der Waals surface area contributed by atoms with Crippen LogP contribution in [0.2, 0.25) is 0 Å².